The standard InChI is InChI=1S/C36H32Cl4N6O4/c1-17-7-9-29(19(3)11-17)41-35(49)33(21(5)47)45-43-31-15-25(37)23(13-27(31)39)24-14-28(40)32(16-26(24)38)44-46-34(22(6)48)36(50)42-30-10-8-18(2)12-20(30)4/h7-16,47-48H,1-6H3,(H,41,49)(H,42,50). The third-order valence-electron chi connectivity index (χ3n) is 7.25. The van der Waals surface area contributed by atoms with E-state index in [0.717, 1.165) is 22.3 Å². The number of aryl methyl sites for hydroxylation is 4. The maximum atomic E-state index is 12.9. The van der Waals surface area contributed by atoms with Crippen LogP contribution in [0.2, 0.25) is 20.1 Å². The van der Waals surface area contributed by atoms with Crippen molar-refractivity contribution in [1.29, 1.82) is 0 Å². The number of hydrogen-bond acceptors (Lipinski definition) is 8. The van der Waals surface area contributed by atoms with Gasteiger partial charge in [0.05, 0.1) is 20.1 Å². The van der Waals surface area contributed by atoms with E-state index in [-0.39, 0.29) is 54.4 Å². The van der Waals surface area contributed by atoms with Gasteiger partial charge in [0.25, 0.3) is 11.8 Å². The van der Waals surface area contributed by atoms with E-state index in [9.17, 15) is 19.8 Å². The monoisotopic (exact) mass is 752 g/mol. The van der Waals surface area contributed by atoms with Crippen molar-refractivity contribution >= 4 is 81.0 Å². The molecule has 0 aromatic heterocycles. The molecule has 0 saturated heterocycles. The molecule has 4 rings (SSSR count). The van der Waals surface area contributed by atoms with Gasteiger partial charge in [-0.1, -0.05) is 81.8 Å². The second-order valence-corrected chi connectivity index (χ2v) is 13.0. The van der Waals surface area contributed by atoms with Crippen molar-refractivity contribution in [3.8, 4) is 11.1 Å². The molecule has 10 nitrogen and oxygen atoms in total. The third kappa shape index (κ3) is 9.28. The lowest BCUT2D eigenvalue weighted by molar-refractivity contribution is -0.113. The molecule has 0 aliphatic rings. The van der Waals surface area contributed by atoms with Crippen molar-refractivity contribution < 1.29 is 19.8 Å². The molecular weight excluding hydrogens is 722 g/mol. The summed E-state index contributed by atoms with van der Waals surface area (Å²) in [6.45, 7) is 10.2. The number of hydrogen-bond donors (Lipinski definition) is 4. The topological polar surface area (TPSA) is 148 Å². The summed E-state index contributed by atoms with van der Waals surface area (Å²) in [5, 5.41) is 42.4. The van der Waals surface area contributed by atoms with E-state index in [0.29, 0.717) is 22.5 Å². The van der Waals surface area contributed by atoms with Crippen LogP contribution in [0.1, 0.15) is 36.1 Å². The molecular formula is C36H32Cl4N6O4. The van der Waals surface area contributed by atoms with Crippen LogP contribution < -0.4 is 10.6 Å². The zero-order chi connectivity index (χ0) is 36.9. The van der Waals surface area contributed by atoms with Crippen molar-refractivity contribution in [3.05, 3.63) is 126 Å². The quantitative estimate of drug-likeness (QED) is 0.0764. The summed E-state index contributed by atoms with van der Waals surface area (Å²) in [7, 11) is 0. The summed E-state index contributed by atoms with van der Waals surface area (Å²) in [4.78, 5) is 25.9. The molecule has 14 heteroatoms. The van der Waals surface area contributed by atoms with Crippen LogP contribution in [0.5, 0.6) is 0 Å². The van der Waals surface area contributed by atoms with Crippen LogP contribution in [0.15, 0.2) is 104 Å². The van der Waals surface area contributed by atoms with Crippen molar-refractivity contribution in [1.82, 2.24) is 0 Å². The molecule has 258 valence electrons. The number of allylic oxidation sites excluding steroid dienone is 2. The minimum Gasteiger partial charge on any atom is -0.510 e. The molecule has 0 aliphatic carbocycles. The highest BCUT2D eigenvalue weighted by atomic mass is 35.5. The van der Waals surface area contributed by atoms with Gasteiger partial charge in [-0.15, -0.1) is 20.5 Å². The lowest BCUT2D eigenvalue weighted by Crippen LogP contribution is -2.15. The number of nitrogens with one attached hydrogen (secondary N) is 2. The van der Waals surface area contributed by atoms with Gasteiger partial charge >= 0.3 is 0 Å². The summed E-state index contributed by atoms with van der Waals surface area (Å²) >= 11 is 26.3. The first-order chi connectivity index (χ1) is 23.5. The van der Waals surface area contributed by atoms with Crippen molar-refractivity contribution in [2.45, 2.75) is 41.5 Å². The van der Waals surface area contributed by atoms with E-state index in [1.807, 2.05) is 52.0 Å². The van der Waals surface area contributed by atoms with Gasteiger partial charge in [0, 0.05) is 22.5 Å². The van der Waals surface area contributed by atoms with Crippen LogP contribution in [-0.4, -0.2) is 22.0 Å². The molecule has 0 radical (unpaired) electrons. The average molecular weight is 755 g/mol. The van der Waals surface area contributed by atoms with Gasteiger partial charge in [-0.2, -0.15) is 0 Å². The lowest BCUT2D eigenvalue weighted by atomic mass is 10.0. The van der Waals surface area contributed by atoms with Crippen LogP contribution in [0.3, 0.4) is 0 Å². The Morgan fingerprint density at radius 2 is 0.920 bits per heavy atom. The molecule has 4 N–H and O–H groups in total. The molecule has 0 atom stereocenters. The minimum absolute atomic E-state index is 0.108. The van der Waals surface area contributed by atoms with E-state index >= 15 is 0 Å². The number of carbonyl (C=O) groups is 2. The molecule has 0 heterocycles. The number of anilines is 2. The Morgan fingerprint density at radius 3 is 1.24 bits per heavy atom. The highest BCUT2D eigenvalue weighted by Crippen LogP contribution is 2.43. The van der Waals surface area contributed by atoms with E-state index in [1.165, 1.54) is 38.1 Å². The van der Waals surface area contributed by atoms with Crippen LogP contribution in [0.25, 0.3) is 11.1 Å². The fourth-order valence-electron chi connectivity index (χ4n) is 4.68. The van der Waals surface area contributed by atoms with Gasteiger partial charge in [0.2, 0.25) is 0 Å². The minimum atomic E-state index is -0.669. The van der Waals surface area contributed by atoms with Crippen molar-refractivity contribution in [3.63, 3.8) is 0 Å². The number of azo groups is 2. The SMILES string of the molecule is CC(O)=C(N=Nc1cc(Cl)c(-c2cc(Cl)c(N=NC(C(=O)Nc3ccc(C)cc3C)=C(C)O)cc2Cl)cc1Cl)C(=O)Nc1ccc(C)cc1C. The first-order valence-electron chi connectivity index (χ1n) is 14.9. The maximum absolute atomic E-state index is 12.9. The van der Waals surface area contributed by atoms with Crippen LogP contribution in [-0.2, 0) is 9.59 Å². The molecule has 50 heavy (non-hydrogen) atoms. The number of nitrogens with zero attached hydrogens (tertiary/aromatic N) is 4. The molecule has 0 unspecified atom stereocenters. The van der Waals surface area contributed by atoms with Crippen LogP contribution in [0.4, 0.5) is 22.7 Å². The van der Waals surface area contributed by atoms with Gasteiger partial charge in [-0.25, -0.2) is 0 Å². The number of amides is 2. The molecule has 0 bridgehead atoms. The summed E-state index contributed by atoms with van der Waals surface area (Å²) in [6, 6.07) is 16.9. The average Bonchev–Trinajstić information content (AvgIpc) is 3.02. The van der Waals surface area contributed by atoms with E-state index in [4.69, 9.17) is 46.4 Å². The van der Waals surface area contributed by atoms with Gasteiger partial charge in [0.15, 0.2) is 11.4 Å². The third-order valence-corrected chi connectivity index (χ3v) is 8.49. The molecule has 4 aromatic carbocycles. The van der Waals surface area contributed by atoms with Crippen LogP contribution >= 0.6 is 46.4 Å². The van der Waals surface area contributed by atoms with Crippen molar-refractivity contribution in [2.24, 2.45) is 20.5 Å². The van der Waals surface area contributed by atoms with Crippen LogP contribution in [0, 0.1) is 27.7 Å². The predicted molar refractivity (Wildman–Crippen MR) is 201 cm³/mol. The number of benzene rings is 4. The Morgan fingerprint density at radius 1 is 0.560 bits per heavy atom. The molecule has 0 spiro atoms. The zero-order valence-corrected chi connectivity index (χ0v) is 30.8. The van der Waals surface area contributed by atoms with Gasteiger partial charge in [-0.05, 0) is 89.1 Å². The summed E-state index contributed by atoms with van der Waals surface area (Å²) in [6.07, 6.45) is 0. The maximum Gasteiger partial charge on any atom is 0.279 e. The number of aliphatic hydroxyl groups is 2. The molecule has 0 fully saturated rings. The zero-order valence-electron chi connectivity index (χ0n) is 27.8. The fourth-order valence-corrected chi connectivity index (χ4v) is 5.60. The second-order valence-electron chi connectivity index (χ2n) is 11.4. The predicted octanol–water partition coefficient (Wildman–Crippen LogP) is 12.2. The van der Waals surface area contributed by atoms with Gasteiger partial charge < -0.3 is 20.8 Å². The largest absolute Gasteiger partial charge is 0.510 e. The Labute approximate surface area is 309 Å². The molecule has 2 amide bonds. The van der Waals surface area contributed by atoms with E-state index in [1.54, 1.807) is 12.1 Å². The number of halogens is 4. The first kappa shape index (κ1) is 38.1. The Hall–Kier alpha value is -4.74. The number of carbonyl (C=O) groups excluding carboxylic acids is 2. The van der Waals surface area contributed by atoms with Gasteiger partial charge in [-0.3, -0.25) is 9.59 Å². The molecule has 4 aromatic rings. The highest BCUT2D eigenvalue weighted by Gasteiger charge is 2.19. The van der Waals surface area contributed by atoms with Crippen molar-refractivity contribution in [2.75, 3.05) is 10.6 Å². The fraction of sp³-hybridized carbons (Fsp3) is 0.167. The Bertz CT molecular complexity index is 1980. The number of aliphatic hydroxyl groups excluding tert-OH is 2. The molecule has 0 aliphatic heterocycles. The Kier molecular flexibility index (Phi) is 12.4. The van der Waals surface area contributed by atoms with E-state index in [2.05, 4.69) is 31.1 Å². The summed E-state index contributed by atoms with van der Waals surface area (Å²) < 4.78 is 0. The second kappa shape index (κ2) is 16.3. The molecule has 0 saturated carbocycles. The van der Waals surface area contributed by atoms with E-state index < -0.39 is 11.8 Å². The Balaban J connectivity index is 1.57. The first-order valence-corrected chi connectivity index (χ1v) is 16.5. The normalized spacial score (nSPS) is 12.6. The lowest BCUT2D eigenvalue weighted by Gasteiger charge is -2.12. The smallest absolute Gasteiger partial charge is 0.279 e. The summed E-state index contributed by atoms with van der Waals surface area (Å²) in [5.74, 6) is -2.05. The highest BCUT2D eigenvalue weighted by molar-refractivity contribution is 6.40. The number of rotatable bonds is 9. The van der Waals surface area contributed by atoms with Gasteiger partial charge in [0.1, 0.15) is 22.9 Å². The summed E-state index contributed by atoms with van der Waals surface area (Å²) in [5.41, 5.74) is 5.23.